The van der Waals surface area contributed by atoms with Crippen molar-refractivity contribution in [1.82, 2.24) is 9.13 Å². The van der Waals surface area contributed by atoms with Gasteiger partial charge in [0.1, 0.15) is 0 Å². The van der Waals surface area contributed by atoms with E-state index in [2.05, 4.69) is 275 Å². The number of anilines is 3. The van der Waals surface area contributed by atoms with Crippen molar-refractivity contribution >= 4 is 115 Å². The molecule has 0 aliphatic heterocycles. The Morgan fingerprint density at radius 3 is 1.23 bits per heavy atom. The van der Waals surface area contributed by atoms with Crippen LogP contribution in [0.4, 0.5) is 17.1 Å². The van der Waals surface area contributed by atoms with Gasteiger partial charge in [-0.05, 0) is 109 Å². The third kappa shape index (κ3) is 5.90. The highest BCUT2D eigenvalue weighted by Gasteiger charge is 2.25. The van der Waals surface area contributed by atoms with Gasteiger partial charge in [-0.1, -0.05) is 206 Å². The monoisotopic (exact) mass is 901 g/mol. The molecule has 0 amide bonds. The van der Waals surface area contributed by atoms with Gasteiger partial charge >= 0.3 is 0 Å². The second kappa shape index (κ2) is 15.5. The van der Waals surface area contributed by atoms with Crippen LogP contribution < -0.4 is 4.90 Å². The average molecular weight is 902 g/mol. The fraction of sp³-hybridized carbons (Fsp3) is 0. The largest absolute Gasteiger partial charge is 0.310 e. The molecule has 3 nitrogen and oxygen atoms in total. The van der Waals surface area contributed by atoms with Crippen molar-refractivity contribution in [3.05, 3.63) is 261 Å². The van der Waals surface area contributed by atoms with Gasteiger partial charge in [-0.15, -0.1) is 0 Å². The SMILES string of the molecule is c1ccc(N(c2ccc(-c3cccc4ccccc34)cc2)c2cc(-n3c4ccccc4c4ccccc43)cc(-n3c4c5ccccc5c5ccccc5c4c4c5ccccc5c5ccccc5c43)c2)cc1. The summed E-state index contributed by atoms with van der Waals surface area (Å²) >= 11 is 0. The van der Waals surface area contributed by atoms with Crippen LogP contribution in [0.15, 0.2) is 261 Å². The molecule has 330 valence electrons. The maximum absolute atomic E-state index is 2.61. The molecule has 3 heteroatoms. The molecule has 0 bridgehead atoms. The van der Waals surface area contributed by atoms with E-state index in [0.717, 1.165) is 39.5 Å². The summed E-state index contributed by atoms with van der Waals surface area (Å²) in [5, 5.41) is 17.4. The molecule has 0 radical (unpaired) electrons. The van der Waals surface area contributed by atoms with Gasteiger partial charge < -0.3 is 14.0 Å². The zero-order valence-corrected chi connectivity index (χ0v) is 38.7. The predicted molar refractivity (Wildman–Crippen MR) is 303 cm³/mol. The maximum atomic E-state index is 2.61. The highest BCUT2D eigenvalue weighted by atomic mass is 15.1. The number of hydrogen-bond donors (Lipinski definition) is 0. The highest BCUT2D eigenvalue weighted by molar-refractivity contribution is 6.40. The molecular weight excluding hydrogens is 859 g/mol. The summed E-state index contributed by atoms with van der Waals surface area (Å²) < 4.78 is 5.08. The zero-order chi connectivity index (χ0) is 46.6. The first-order valence-corrected chi connectivity index (χ1v) is 24.5. The Morgan fingerprint density at radius 2 is 0.662 bits per heavy atom. The van der Waals surface area contributed by atoms with Gasteiger partial charge in [0.2, 0.25) is 0 Å². The Bertz CT molecular complexity index is 4440. The lowest BCUT2D eigenvalue weighted by molar-refractivity contribution is 1.13. The molecule has 0 spiro atoms. The number of hydrogen-bond acceptors (Lipinski definition) is 1. The Hall–Kier alpha value is -9.44. The van der Waals surface area contributed by atoms with Gasteiger partial charge in [-0.3, -0.25) is 0 Å². The summed E-state index contributed by atoms with van der Waals surface area (Å²) in [5.74, 6) is 0. The second-order valence-electron chi connectivity index (χ2n) is 18.8. The van der Waals surface area contributed by atoms with Crippen molar-refractivity contribution in [2.75, 3.05) is 4.90 Å². The van der Waals surface area contributed by atoms with E-state index in [1.54, 1.807) is 0 Å². The van der Waals surface area contributed by atoms with Gasteiger partial charge in [-0.2, -0.15) is 0 Å². The molecule has 0 saturated carbocycles. The Morgan fingerprint density at radius 1 is 0.254 bits per heavy atom. The summed E-state index contributed by atoms with van der Waals surface area (Å²) in [5.41, 5.74) is 12.5. The lowest BCUT2D eigenvalue weighted by atomic mass is 9.93. The number of fused-ring (bicyclic) bond motifs is 17. The Kier molecular flexibility index (Phi) is 8.66. The number of benzene rings is 13. The molecule has 13 aromatic carbocycles. The summed E-state index contributed by atoms with van der Waals surface area (Å²) in [6.07, 6.45) is 0. The first-order chi connectivity index (χ1) is 35.3. The van der Waals surface area contributed by atoms with Gasteiger partial charge in [0.05, 0.1) is 39.1 Å². The molecule has 2 aromatic heterocycles. The molecule has 0 atom stereocenters. The number of para-hydroxylation sites is 3. The second-order valence-corrected chi connectivity index (χ2v) is 18.8. The van der Waals surface area contributed by atoms with Crippen LogP contribution in [0.2, 0.25) is 0 Å². The standard InChI is InChI=1S/C68H43N3/c1-2-21-46(22-3-1)69(47-39-37-45(38-40-47)52-34-18-20-44-19-4-5-23-51(44)52)48-41-49(70-63-35-16-14-28-57(63)58-29-15-17-36-64(58)70)43-50(42-48)71-67-61-32-12-8-26-55(61)53-24-6-10-30-59(53)65(67)66-60-31-11-7-25-54(60)56-27-9-13-33-62(56)68(66)71/h1-43H. The first-order valence-electron chi connectivity index (χ1n) is 24.5. The highest BCUT2D eigenvalue weighted by Crippen LogP contribution is 2.49. The molecular formula is C68H43N3. The minimum absolute atomic E-state index is 1.05. The maximum Gasteiger partial charge on any atom is 0.0626 e. The van der Waals surface area contributed by atoms with Crippen LogP contribution in [0.1, 0.15) is 0 Å². The van der Waals surface area contributed by atoms with Crippen molar-refractivity contribution < 1.29 is 0 Å². The van der Waals surface area contributed by atoms with E-state index in [9.17, 15) is 0 Å². The van der Waals surface area contributed by atoms with Crippen molar-refractivity contribution in [3.63, 3.8) is 0 Å². The first kappa shape index (κ1) is 39.5. The lowest BCUT2D eigenvalue weighted by Gasteiger charge is -2.27. The molecule has 2 heterocycles. The molecule has 15 rings (SSSR count). The van der Waals surface area contributed by atoms with E-state index in [1.165, 1.54) is 97.6 Å². The summed E-state index contributed by atoms with van der Waals surface area (Å²) in [4.78, 5) is 2.43. The van der Waals surface area contributed by atoms with E-state index in [0.29, 0.717) is 0 Å². The number of aromatic nitrogens is 2. The molecule has 0 N–H and O–H groups in total. The lowest BCUT2D eigenvalue weighted by Crippen LogP contribution is -2.11. The molecule has 0 unspecified atom stereocenters. The fourth-order valence-electron chi connectivity index (χ4n) is 12.0. The smallest absolute Gasteiger partial charge is 0.0626 e. The molecule has 71 heavy (non-hydrogen) atoms. The van der Waals surface area contributed by atoms with Crippen LogP contribution in [0.3, 0.4) is 0 Å². The van der Waals surface area contributed by atoms with E-state index in [-0.39, 0.29) is 0 Å². The van der Waals surface area contributed by atoms with Crippen LogP contribution in [-0.2, 0) is 0 Å². The van der Waals surface area contributed by atoms with E-state index in [4.69, 9.17) is 0 Å². The van der Waals surface area contributed by atoms with Crippen molar-refractivity contribution in [1.29, 1.82) is 0 Å². The molecule has 0 fully saturated rings. The Balaban J connectivity index is 1.10. The molecule has 0 aliphatic carbocycles. The van der Waals surface area contributed by atoms with Crippen LogP contribution in [0, 0.1) is 0 Å². The molecule has 15 aromatic rings. The third-order valence-corrected chi connectivity index (χ3v) is 15.0. The van der Waals surface area contributed by atoms with Gasteiger partial charge in [0.25, 0.3) is 0 Å². The van der Waals surface area contributed by atoms with Crippen LogP contribution in [0.5, 0.6) is 0 Å². The minimum atomic E-state index is 1.05. The van der Waals surface area contributed by atoms with Crippen LogP contribution >= 0.6 is 0 Å². The van der Waals surface area contributed by atoms with Crippen LogP contribution in [0.25, 0.3) is 120 Å². The van der Waals surface area contributed by atoms with E-state index >= 15 is 0 Å². The van der Waals surface area contributed by atoms with Crippen molar-refractivity contribution in [2.24, 2.45) is 0 Å². The predicted octanol–water partition coefficient (Wildman–Crippen LogP) is 18.8. The Labute approximate surface area is 409 Å². The number of nitrogens with zero attached hydrogens (tertiary/aromatic N) is 3. The van der Waals surface area contributed by atoms with E-state index < -0.39 is 0 Å². The average Bonchev–Trinajstić information content (AvgIpc) is 3.99. The fourth-order valence-corrected chi connectivity index (χ4v) is 12.0. The number of rotatable bonds is 6. The topological polar surface area (TPSA) is 13.1 Å². The zero-order valence-electron chi connectivity index (χ0n) is 38.7. The van der Waals surface area contributed by atoms with Crippen LogP contribution in [-0.4, -0.2) is 9.13 Å². The minimum Gasteiger partial charge on any atom is -0.310 e. The molecule has 0 aliphatic rings. The summed E-state index contributed by atoms with van der Waals surface area (Å²) in [6, 6.07) is 96.2. The van der Waals surface area contributed by atoms with Gasteiger partial charge in [0, 0.05) is 43.7 Å². The third-order valence-electron chi connectivity index (χ3n) is 15.0. The van der Waals surface area contributed by atoms with Crippen molar-refractivity contribution in [3.8, 4) is 22.5 Å². The van der Waals surface area contributed by atoms with E-state index in [1.807, 2.05) is 0 Å². The summed E-state index contributed by atoms with van der Waals surface area (Å²) in [6.45, 7) is 0. The quantitative estimate of drug-likeness (QED) is 0.152. The molecule has 0 saturated heterocycles. The van der Waals surface area contributed by atoms with Crippen molar-refractivity contribution in [2.45, 2.75) is 0 Å². The van der Waals surface area contributed by atoms with Gasteiger partial charge in [0.15, 0.2) is 0 Å². The van der Waals surface area contributed by atoms with Gasteiger partial charge in [-0.25, -0.2) is 0 Å². The normalized spacial score (nSPS) is 11.9. The summed E-state index contributed by atoms with van der Waals surface area (Å²) in [7, 11) is 0.